The second-order valence-electron chi connectivity index (χ2n) is 3.67. The molecular formula is C13H16NO4S-. The van der Waals surface area contributed by atoms with Crippen molar-refractivity contribution < 1.29 is 18.4 Å². The van der Waals surface area contributed by atoms with Crippen LogP contribution < -0.4 is 0 Å². The van der Waals surface area contributed by atoms with E-state index < -0.39 is 11.1 Å². The maximum absolute atomic E-state index is 11.8. The van der Waals surface area contributed by atoms with E-state index in [0.717, 1.165) is 4.90 Å². The fraction of sp³-hybridized carbons (Fsp3) is 0.385. The summed E-state index contributed by atoms with van der Waals surface area (Å²) in [5.74, 6) is -0.738. The van der Waals surface area contributed by atoms with Crippen LogP contribution in [0, 0.1) is 0 Å². The zero-order valence-corrected chi connectivity index (χ0v) is 11.7. The van der Waals surface area contributed by atoms with Gasteiger partial charge in [-0.05, 0) is 18.6 Å². The van der Waals surface area contributed by atoms with Gasteiger partial charge in [0, 0.05) is 12.3 Å². The van der Waals surface area contributed by atoms with Gasteiger partial charge in [-0.15, -0.1) is 0 Å². The Morgan fingerprint density at radius 2 is 1.58 bits per heavy atom. The Morgan fingerprint density at radius 3 is 2.00 bits per heavy atom. The number of rotatable bonds is 4. The van der Waals surface area contributed by atoms with Gasteiger partial charge in [0.05, 0.1) is 11.1 Å². The molecule has 19 heavy (non-hydrogen) atoms. The van der Waals surface area contributed by atoms with E-state index in [2.05, 4.69) is 0 Å². The number of imide groups is 1. The summed E-state index contributed by atoms with van der Waals surface area (Å²) >= 11 is -2.14. The minimum absolute atomic E-state index is 0.0482. The van der Waals surface area contributed by atoms with Crippen LogP contribution in [0.2, 0.25) is 0 Å². The normalized spacial score (nSPS) is 14.8. The number of carbonyl (C=O) groups is 2. The Kier molecular flexibility index (Phi) is 5.85. The molecule has 104 valence electrons. The Labute approximate surface area is 114 Å². The Balaban J connectivity index is 0.000000861. The van der Waals surface area contributed by atoms with Crippen molar-refractivity contribution in [2.24, 2.45) is 0 Å². The van der Waals surface area contributed by atoms with E-state index in [1.54, 1.807) is 24.3 Å². The minimum atomic E-state index is -2.14. The molecule has 6 heteroatoms. The van der Waals surface area contributed by atoms with Gasteiger partial charge < -0.3 is 4.55 Å². The lowest BCUT2D eigenvalue weighted by Gasteiger charge is -2.13. The summed E-state index contributed by atoms with van der Waals surface area (Å²) in [6.07, 6.45) is 0.265. The molecule has 1 aromatic carbocycles. The zero-order chi connectivity index (χ0) is 14.4. The third-order valence-electron chi connectivity index (χ3n) is 2.57. The maximum Gasteiger partial charge on any atom is 0.261 e. The fourth-order valence-electron chi connectivity index (χ4n) is 1.78. The highest BCUT2D eigenvalue weighted by molar-refractivity contribution is 7.79. The van der Waals surface area contributed by atoms with E-state index in [1.807, 2.05) is 13.8 Å². The van der Waals surface area contributed by atoms with E-state index in [1.165, 1.54) is 0 Å². The van der Waals surface area contributed by atoms with Gasteiger partial charge in [0.2, 0.25) is 0 Å². The highest BCUT2D eigenvalue weighted by atomic mass is 32.2. The Bertz CT molecular complexity index is 466. The molecule has 0 radical (unpaired) electrons. The third kappa shape index (κ3) is 3.48. The smallest absolute Gasteiger partial charge is 0.261 e. The van der Waals surface area contributed by atoms with Gasteiger partial charge in [-0.2, -0.15) is 0 Å². The van der Waals surface area contributed by atoms with Gasteiger partial charge >= 0.3 is 0 Å². The quantitative estimate of drug-likeness (QED) is 0.620. The average molecular weight is 282 g/mol. The van der Waals surface area contributed by atoms with Gasteiger partial charge in [0.1, 0.15) is 0 Å². The molecule has 2 amide bonds. The first-order valence-electron chi connectivity index (χ1n) is 6.12. The monoisotopic (exact) mass is 282 g/mol. The lowest BCUT2D eigenvalue weighted by atomic mass is 10.1. The molecule has 1 aliphatic heterocycles. The molecule has 0 N–H and O–H groups in total. The van der Waals surface area contributed by atoms with Crippen molar-refractivity contribution in [1.29, 1.82) is 0 Å². The predicted molar refractivity (Wildman–Crippen MR) is 71.6 cm³/mol. The SMILES string of the molecule is CC.O=C1c2ccccc2C(=O)N1CCCS(=O)[O-]. The fourth-order valence-corrected chi connectivity index (χ4v) is 2.15. The number of fused-ring (bicyclic) bond motifs is 1. The number of amides is 2. The standard InChI is InChI=1S/C11H11NO4S.C2H6/c13-10-8-4-1-2-5-9(8)11(14)12(10)6-3-7-17(15)16;1-2/h1-2,4-5H,3,6-7H2,(H,15,16);1-2H3/p-1. The van der Waals surface area contributed by atoms with Crippen LogP contribution in [0.4, 0.5) is 0 Å². The van der Waals surface area contributed by atoms with Crippen LogP contribution in [0.25, 0.3) is 0 Å². The summed E-state index contributed by atoms with van der Waals surface area (Å²) in [5.41, 5.74) is 0.779. The van der Waals surface area contributed by atoms with Crippen LogP contribution in [0.3, 0.4) is 0 Å². The summed E-state index contributed by atoms with van der Waals surface area (Å²) in [5, 5.41) is 0. The predicted octanol–water partition coefficient (Wildman–Crippen LogP) is 1.58. The second kappa shape index (κ2) is 7.16. The molecule has 1 unspecified atom stereocenters. The van der Waals surface area contributed by atoms with E-state index >= 15 is 0 Å². The van der Waals surface area contributed by atoms with Gasteiger partial charge in [-0.1, -0.05) is 37.1 Å². The molecule has 1 aromatic rings. The zero-order valence-electron chi connectivity index (χ0n) is 10.9. The molecule has 0 saturated carbocycles. The largest absolute Gasteiger partial charge is 0.772 e. The van der Waals surface area contributed by atoms with Gasteiger partial charge in [-0.3, -0.25) is 18.7 Å². The van der Waals surface area contributed by atoms with Crippen LogP contribution in [0.15, 0.2) is 24.3 Å². The summed E-state index contributed by atoms with van der Waals surface area (Å²) in [6.45, 7) is 4.14. The molecule has 1 atom stereocenters. The highest BCUT2D eigenvalue weighted by Gasteiger charge is 2.34. The van der Waals surface area contributed by atoms with Crippen LogP contribution in [0.5, 0.6) is 0 Å². The molecule has 0 aromatic heterocycles. The summed E-state index contributed by atoms with van der Waals surface area (Å²) in [6, 6.07) is 6.59. The van der Waals surface area contributed by atoms with Crippen molar-refractivity contribution in [3.63, 3.8) is 0 Å². The topological polar surface area (TPSA) is 77.5 Å². The van der Waals surface area contributed by atoms with Crippen molar-refractivity contribution in [1.82, 2.24) is 4.90 Å². The Hall–Kier alpha value is -1.53. The summed E-state index contributed by atoms with van der Waals surface area (Å²) in [7, 11) is 0. The maximum atomic E-state index is 11.8. The molecule has 0 aliphatic carbocycles. The molecule has 2 rings (SSSR count). The van der Waals surface area contributed by atoms with E-state index in [0.29, 0.717) is 11.1 Å². The van der Waals surface area contributed by atoms with Crippen LogP contribution >= 0.6 is 0 Å². The molecule has 0 saturated heterocycles. The van der Waals surface area contributed by atoms with Gasteiger partial charge in [-0.25, -0.2) is 0 Å². The molecule has 1 aliphatic rings. The van der Waals surface area contributed by atoms with Crippen molar-refractivity contribution >= 4 is 22.9 Å². The van der Waals surface area contributed by atoms with Crippen molar-refractivity contribution in [3.05, 3.63) is 35.4 Å². The Morgan fingerprint density at radius 1 is 1.11 bits per heavy atom. The number of hydrogen-bond donors (Lipinski definition) is 0. The lowest BCUT2D eigenvalue weighted by Crippen LogP contribution is -2.31. The first kappa shape index (κ1) is 15.5. The second-order valence-corrected chi connectivity index (χ2v) is 4.68. The molecule has 0 bridgehead atoms. The number of hydrogen-bond acceptors (Lipinski definition) is 4. The van der Waals surface area contributed by atoms with E-state index in [4.69, 9.17) is 0 Å². The third-order valence-corrected chi connectivity index (χ3v) is 3.19. The van der Waals surface area contributed by atoms with Crippen LogP contribution in [0.1, 0.15) is 41.0 Å². The highest BCUT2D eigenvalue weighted by Crippen LogP contribution is 2.22. The molecule has 1 heterocycles. The van der Waals surface area contributed by atoms with Gasteiger partial charge in [0.15, 0.2) is 0 Å². The summed E-state index contributed by atoms with van der Waals surface area (Å²) < 4.78 is 20.7. The first-order valence-corrected chi connectivity index (χ1v) is 7.37. The van der Waals surface area contributed by atoms with Crippen molar-refractivity contribution in [2.45, 2.75) is 20.3 Å². The molecule has 0 fully saturated rings. The van der Waals surface area contributed by atoms with Crippen LogP contribution in [-0.4, -0.2) is 37.8 Å². The van der Waals surface area contributed by atoms with Gasteiger partial charge in [0.25, 0.3) is 11.8 Å². The number of nitrogens with zero attached hydrogens (tertiary/aromatic N) is 1. The minimum Gasteiger partial charge on any atom is -0.772 e. The molecule has 0 spiro atoms. The van der Waals surface area contributed by atoms with E-state index in [-0.39, 0.29) is 30.5 Å². The van der Waals surface area contributed by atoms with E-state index in [9.17, 15) is 18.4 Å². The lowest BCUT2D eigenvalue weighted by molar-refractivity contribution is 0.0654. The number of carbonyl (C=O) groups excluding carboxylic acids is 2. The summed E-state index contributed by atoms with van der Waals surface area (Å²) in [4.78, 5) is 24.8. The first-order chi connectivity index (χ1) is 9.11. The van der Waals surface area contributed by atoms with Crippen molar-refractivity contribution in [2.75, 3.05) is 12.3 Å². The number of benzene rings is 1. The molecule has 5 nitrogen and oxygen atoms in total. The van der Waals surface area contributed by atoms with Crippen LogP contribution in [-0.2, 0) is 11.1 Å². The average Bonchev–Trinajstić information content (AvgIpc) is 2.66. The van der Waals surface area contributed by atoms with Crippen molar-refractivity contribution in [3.8, 4) is 0 Å². The molecular weight excluding hydrogens is 266 g/mol.